The molecule has 0 aromatic carbocycles. The van der Waals surface area contributed by atoms with E-state index >= 15 is 0 Å². The number of carbonyl (C=O) groups excluding carboxylic acids is 1. The third-order valence-electron chi connectivity index (χ3n) is 3.36. The van der Waals surface area contributed by atoms with Crippen molar-refractivity contribution in [1.29, 1.82) is 0 Å². The third kappa shape index (κ3) is 5.03. The number of anilines is 1. The van der Waals surface area contributed by atoms with E-state index in [1.54, 1.807) is 6.20 Å². The number of nitrogens with two attached hydrogens (primary N) is 1. The normalized spacial score (nSPS) is 12.7. The Morgan fingerprint density at radius 2 is 2.21 bits per heavy atom. The van der Waals surface area contributed by atoms with Gasteiger partial charge in [-0.25, -0.2) is 4.68 Å². The van der Waals surface area contributed by atoms with Crippen molar-refractivity contribution in [2.45, 2.75) is 52.5 Å². The lowest BCUT2D eigenvalue weighted by Crippen LogP contribution is -2.18. The first-order chi connectivity index (χ1) is 9.08. The summed E-state index contributed by atoms with van der Waals surface area (Å²) in [5.41, 5.74) is 5.56. The van der Waals surface area contributed by atoms with Crippen LogP contribution >= 0.6 is 0 Å². The van der Waals surface area contributed by atoms with Crippen LogP contribution in [0.15, 0.2) is 12.3 Å². The number of nitrogens with zero attached hydrogens (tertiary/aromatic N) is 2. The van der Waals surface area contributed by atoms with Crippen LogP contribution in [0, 0.1) is 5.92 Å². The number of rotatable bonds is 8. The monoisotopic (exact) mass is 266 g/mol. The van der Waals surface area contributed by atoms with E-state index in [1.165, 1.54) is 0 Å². The summed E-state index contributed by atoms with van der Waals surface area (Å²) in [4.78, 5) is 11.9. The summed E-state index contributed by atoms with van der Waals surface area (Å²) in [5, 5.41) is 7.12. The summed E-state index contributed by atoms with van der Waals surface area (Å²) in [6.45, 7) is 6.92. The summed E-state index contributed by atoms with van der Waals surface area (Å²) >= 11 is 0. The van der Waals surface area contributed by atoms with Gasteiger partial charge >= 0.3 is 0 Å². The standard InChI is InChI=1S/C14H26N4O/c1-4-12(7-9-15)5-6-14(19)17-13-8-10-16-18(13)11(2)3/h8,10-12H,4-7,9,15H2,1-3H3,(H,17,19). The molecule has 1 amide bonds. The van der Waals surface area contributed by atoms with Crippen LogP contribution in [0.5, 0.6) is 0 Å². The number of nitrogens with one attached hydrogen (secondary N) is 1. The van der Waals surface area contributed by atoms with Crippen molar-refractivity contribution in [3.05, 3.63) is 12.3 Å². The average molecular weight is 266 g/mol. The Bertz CT molecular complexity index is 387. The van der Waals surface area contributed by atoms with Gasteiger partial charge in [-0.05, 0) is 39.2 Å². The predicted octanol–water partition coefficient (Wildman–Crippen LogP) is 2.56. The van der Waals surface area contributed by atoms with Crippen molar-refractivity contribution < 1.29 is 4.79 Å². The molecule has 1 atom stereocenters. The number of aromatic nitrogens is 2. The van der Waals surface area contributed by atoms with Gasteiger partial charge in [0.15, 0.2) is 0 Å². The summed E-state index contributed by atoms with van der Waals surface area (Å²) < 4.78 is 1.81. The Hall–Kier alpha value is -1.36. The SMILES string of the molecule is CCC(CCN)CCC(=O)Nc1ccnn1C(C)C. The number of carbonyl (C=O) groups is 1. The van der Waals surface area contributed by atoms with E-state index < -0.39 is 0 Å². The van der Waals surface area contributed by atoms with Crippen LogP contribution in [0.2, 0.25) is 0 Å². The molecule has 0 spiro atoms. The zero-order valence-corrected chi connectivity index (χ0v) is 12.2. The van der Waals surface area contributed by atoms with E-state index in [-0.39, 0.29) is 11.9 Å². The number of hydrogen-bond acceptors (Lipinski definition) is 3. The second-order valence-electron chi connectivity index (χ2n) is 5.19. The zero-order chi connectivity index (χ0) is 14.3. The average Bonchev–Trinajstić information content (AvgIpc) is 2.82. The molecule has 1 heterocycles. The molecular formula is C14H26N4O. The number of hydrogen-bond donors (Lipinski definition) is 2. The molecule has 0 aliphatic heterocycles. The van der Waals surface area contributed by atoms with Gasteiger partial charge in [-0.3, -0.25) is 4.79 Å². The second-order valence-corrected chi connectivity index (χ2v) is 5.19. The van der Waals surface area contributed by atoms with Gasteiger partial charge in [0.1, 0.15) is 5.82 Å². The van der Waals surface area contributed by atoms with E-state index in [0.717, 1.165) is 25.1 Å². The molecule has 108 valence electrons. The van der Waals surface area contributed by atoms with E-state index in [0.29, 0.717) is 18.9 Å². The van der Waals surface area contributed by atoms with Crippen LogP contribution in [0.3, 0.4) is 0 Å². The molecule has 0 radical (unpaired) electrons. The largest absolute Gasteiger partial charge is 0.330 e. The molecular weight excluding hydrogens is 240 g/mol. The maximum absolute atomic E-state index is 11.9. The molecule has 0 aliphatic rings. The molecule has 0 fully saturated rings. The summed E-state index contributed by atoms with van der Waals surface area (Å²) in [5.74, 6) is 1.37. The van der Waals surface area contributed by atoms with Gasteiger partial charge in [-0.15, -0.1) is 0 Å². The fraction of sp³-hybridized carbons (Fsp3) is 0.714. The van der Waals surface area contributed by atoms with Crippen molar-refractivity contribution in [2.75, 3.05) is 11.9 Å². The van der Waals surface area contributed by atoms with Crippen LogP contribution in [-0.2, 0) is 4.79 Å². The van der Waals surface area contributed by atoms with Gasteiger partial charge in [-0.2, -0.15) is 5.10 Å². The fourth-order valence-corrected chi connectivity index (χ4v) is 2.15. The van der Waals surface area contributed by atoms with Gasteiger partial charge in [0, 0.05) is 18.5 Å². The van der Waals surface area contributed by atoms with E-state index in [4.69, 9.17) is 5.73 Å². The van der Waals surface area contributed by atoms with Gasteiger partial charge in [0.2, 0.25) is 5.91 Å². The van der Waals surface area contributed by atoms with Crippen molar-refractivity contribution >= 4 is 11.7 Å². The highest BCUT2D eigenvalue weighted by Crippen LogP contribution is 2.17. The summed E-state index contributed by atoms with van der Waals surface area (Å²) in [6.07, 6.45) is 5.22. The molecule has 0 bridgehead atoms. The van der Waals surface area contributed by atoms with Crippen LogP contribution in [-0.4, -0.2) is 22.2 Å². The first-order valence-corrected chi connectivity index (χ1v) is 7.11. The second kappa shape index (κ2) is 7.94. The smallest absolute Gasteiger partial charge is 0.225 e. The quantitative estimate of drug-likeness (QED) is 0.759. The molecule has 0 saturated heterocycles. The maximum Gasteiger partial charge on any atom is 0.225 e. The lowest BCUT2D eigenvalue weighted by molar-refractivity contribution is -0.116. The van der Waals surface area contributed by atoms with E-state index in [9.17, 15) is 4.79 Å². The molecule has 19 heavy (non-hydrogen) atoms. The van der Waals surface area contributed by atoms with Crippen LogP contribution in [0.1, 0.15) is 52.5 Å². The van der Waals surface area contributed by atoms with Crippen molar-refractivity contribution in [1.82, 2.24) is 9.78 Å². The molecule has 5 nitrogen and oxygen atoms in total. The van der Waals surface area contributed by atoms with Gasteiger partial charge in [-0.1, -0.05) is 13.3 Å². The van der Waals surface area contributed by atoms with Crippen LogP contribution in [0.25, 0.3) is 0 Å². The molecule has 0 saturated carbocycles. The lowest BCUT2D eigenvalue weighted by Gasteiger charge is -2.14. The van der Waals surface area contributed by atoms with Gasteiger partial charge in [0.25, 0.3) is 0 Å². The van der Waals surface area contributed by atoms with Crippen molar-refractivity contribution in [3.63, 3.8) is 0 Å². The molecule has 1 aromatic rings. The third-order valence-corrected chi connectivity index (χ3v) is 3.36. The molecule has 0 aliphatic carbocycles. The summed E-state index contributed by atoms with van der Waals surface area (Å²) in [7, 11) is 0. The Morgan fingerprint density at radius 1 is 1.47 bits per heavy atom. The maximum atomic E-state index is 11.9. The predicted molar refractivity (Wildman–Crippen MR) is 77.9 cm³/mol. The Kier molecular flexibility index (Phi) is 6.56. The minimum absolute atomic E-state index is 0.0536. The first-order valence-electron chi connectivity index (χ1n) is 7.11. The Morgan fingerprint density at radius 3 is 2.79 bits per heavy atom. The fourth-order valence-electron chi connectivity index (χ4n) is 2.15. The van der Waals surface area contributed by atoms with Crippen LogP contribution < -0.4 is 11.1 Å². The first kappa shape index (κ1) is 15.7. The minimum atomic E-state index is 0.0536. The highest BCUT2D eigenvalue weighted by molar-refractivity contribution is 5.89. The molecule has 1 unspecified atom stereocenters. The number of amides is 1. The highest BCUT2D eigenvalue weighted by Gasteiger charge is 2.12. The van der Waals surface area contributed by atoms with E-state index in [2.05, 4.69) is 17.3 Å². The van der Waals surface area contributed by atoms with E-state index in [1.807, 2.05) is 24.6 Å². The van der Waals surface area contributed by atoms with Gasteiger partial charge < -0.3 is 11.1 Å². The topological polar surface area (TPSA) is 72.9 Å². The highest BCUT2D eigenvalue weighted by atomic mass is 16.1. The molecule has 5 heteroatoms. The minimum Gasteiger partial charge on any atom is -0.330 e. The molecule has 1 aromatic heterocycles. The molecule has 3 N–H and O–H groups in total. The lowest BCUT2D eigenvalue weighted by atomic mass is 9.96. The van der Waals surface area contributed by atoms with Crippen LogP contribution in [0.4, 0.5) is 5.82 Å². The van der Waals surface area contributed by atoms with Crippen molar-refractivity contribution in [3.8, 4) is 0 Å². The van der Waals surface area contributed by atoms with Crippen molar-refractivity contribution in [2.24, 2.45) is 11.7 Å². The Labute approximate surface area is 115 Å². The zero-order valence-electron chi connectivity index (χ0n) is 12.2. The summed E-state index contributed by atoms with van der Waals surface area (Å²) in [6, 6.07) is 2.07. The Balaban J connectivity index is 2.44. The van der Waals surface area contributed by atoms with Gasteiger partial charge in [0.05, 0.1) is 6.20 Å². The molecule has 1 rings (SSSR count).